The van der Waals surface area contributed by atoms with Gasteiger partial charge in [-0.1, -0.05) is 110 Å². The first-order valence-electron chi connectivity index (χ1n) is 34.0. The SMILES string of the molecule is CC(c1ccccc1)[C@@H]1NC(=O)CNC(=O)[C@H](COC(=O)C(c2ccccc2)c2ccccc2)NC(=O)[C@@H](C(O)C2CN=C(N)N2[C@H]2O[C@H](CO)[C@@H](O)[C@H](O)[C@@H]2O)NC(=O)[C@H](C(O)C2CN=C(N)N2)NC(=O)[C@@H](Cc2ccc(O[C@H]3O[C@H](CO)[C@@H](O[C@H]4O[C@H](CO)[C@@H](O)[C@H](O)[C@@H]4O)[C@H](O)[C@@H]3O)cc2)NC1=O. The van der Waals surface area contributed by atoms with Crippen LogP contribution in [-0.4, -0.2) is 317 Å². The van der Waals surface area contributed by atoms with Crippen LogP contribution in [0.25, 0.3) is 0 Å². The highest BCUT2D eigenvalue weighted by molar-refractivity contribution is 5.99. The Morgan fingerprint density at radius 3 is 1.67 bits per heavy atom. The largest absolute Gasteiger partial charge is 0.462 e. The fraction of sp³-hybridized carbons (Fsp3) is 0.515. The fourth-order valence-corrected chi connectivity index (χ4v) is 13.2. The molecule has 25 atom stereocenters. The highest BCUT2D eigenvalue weighted by Gasteiger charge is 2.54. The van der Waals surface area contributed by atoms with E-state index in [9.17, 15) is 80.8 Å². The number of nitrogens with two attached hydrogens (primary N) is 2. The Balaban J connectivity index is 0.989. The average molecular weight is 1490 g/mol. The number of amides is 6. The summed E-state index contributed by atoms with van der Waals surface area (Å²) >= 11 is 0. The van der Waals surface area contributed by atoms with Gasteiger partial charge in [-0.25, -0.2) is 0 Å². The predicted molar refractivity (Wildman–Crippen MR) is 362 cm³/mol. The Morgan fingerprint density at radius 2 is 1.08 bits per heavy atom. The van der Waals surface area contributed by atoms with Crippen molar-refractivity contribution >= 4 is 53.3 Å². The molecule has 6 aliphatic rings. The Bertz CT molecular complexity index is 3690. The number of aliphatic hydroxyl groups is 13. The number of aliphatic imine (C=N–C) groups is 2. The van der Waals surface area contributed by atoms with E-state index in [0.717, 1.165) is 4.90 Å². The van der Waals surface area contributed by atoms with E-state index in [1.54, 1.807) is 97.9 Å². The summed E-state index contributed by atoms with van der Waals surface area (Å²) in [5.74, 6) is -11.4. The first-order chi connectivity index (χ1) is 50.7. The summed E-state index contributed by atoms with van der Waals surface area (Å²) in [7, 11) is 0. The molecule has 10 rings (SSSR count). The molecule has 4 aromatic rings. The van der Waals surface area contributed by atoms with Crippen LogP contribution in [-0.2, 0) is 63.7 Å². The minimum Gasteiger partial charge on any atom is -0.462 e. The minimum absolute atomic E-state index is 0.0869. The van der Waals surface area contributed by atoms with Gasteiger partial charge in [0, 0.05) is 12.3 Å². The van der Waals surface area contributed by atoms with Crippen molar-refractivity contribution in [2.24, 2.45) is 21.5 Å². The Hall–Kier alpha value is -9.17. The van der Waals surface area contributed by atoms with Gasteiger partial charge in [0.05, 0.1) is 51.5 Å². The lowest BCUT2D eigenvalue weighted by Crippen LogP contribution is -2.70. The highest BCUT2D eigenvalue weighted by atomic mass is 16.7. The van der Waals surface area contributed by atoms with Crippen LogP contribution in [0.1, 0.15) is 41.0 Å². The van der Waals surface area contributed by atoms with Gasteiger partial charge in [-0.2, -0.15) is 0 Å². The van der Waals surface area contributed by atoms with Crippen molar-refractivity contribution < 1.29 is 128 Å². The highest BCUT2D eigenvalue weighted by Crippen LogP contribution is 2.33. The normalized spacial score (nSPS) is 33.8. The molecule has 0 aliphatic carbocycles. The molecule has 6 aliphatic heterocycles. The number of carbonyl (C=O) groups is 7. The summed E-state index contributed by atoms with van der Waals surface area (Å²) < 4.78 is 34.4. The number of carbonyl (C=O) groups excluding carboxylic acids is 7. The third kappa shape index (κ3) is 18.1. The third-order valence-electron chi connectivity index (χ3n) is 19.2. The molecule has 106 heavy (non-hydrogen) atoms. The molecule has 5 unspecified atom stereocenters. The maximum atomic E-state index is 15.5. The molecule has 0 radical (unpaired) electrons. The predicted octanol–water partition coefficient (Wildman–Crippen LogP) is -10.2. The molecule has 4 fully saturated rings. The van der Waals surface area contributed by atoms with Crippen molar-refractivity contribution in [3.63, 3.8) is 0 Å². The van der Waals surface area contributed by atoms with Gasteiger partial charge in [0.1, 0.15) is 134 Å². The van der Waals surface area contributed by atoms with Crippen LogP contribution >= 0.6 is 0 Å². The monoisotopic (exact) mass is 1490 g/mol. The van der Waals surface area contributed by atoms with Crippen molar-refractivity contribution in [3.05, 3.63) is 138 Å². The second-order valence-corrected chi connectivity index (χ2v) is 26.3. The van der Waals surface area contributed by atoms with Gasteiger partial charge in [-0.3, -0.25) is 43.5 Å². The van der Waals surface area contributed by atoms with E-state index < -0.39 is 252 Å². The van der Waals surface area contributed by atoms with Gasteiger partial charge in [0.15, 0.2) is 24.4 Å². The van der Waals surface area contributed by atoms with E-state index in [0.29, 0.717) is 16.7 Å². The van der Waals surface area contributed by atoms with Gasteiger partial charge in [-0.15, -0.1) is 0 Å². The smallest absolute Gasteiger partial charge is 0.318 e. The Morgan fingerprint density at radius 1 is 0.547 bits per heavy atom. The molecule has 24 N–H and O–H groups in total. The second-order valence-electron chi connectivity index (χ2n) is 26.3. The quantitative estimate of drug-likeness (QED) is 0.0345. The van der Waals surface area contributed by atoms with Crippen molar-refractivity contribution in [3.8, 4) is 5.75 Å². The van der Waals surface area contributed by atoms with E-state index in [-0.39, 0.29) is 23.8 Å². The number of rotatable bonds is 21. The topological polar surface area (TPSA) is 602 Å². The van der Waals surface area contributed by atoms with Crippen molar-refractivity contribution in [1.82, 2.24) is 42.1 Å². The van der Waals surface area contributed by atoms with Crippen molar-refractivity contribution in [2.45, 2.75) is 172 Å². The zero-order valence-electron chi connectivity index (χ0n) is 56.8. The van der Waals surface area contributed by atoms with Gasteiger partial charge < -0.3 is 148 Å². The van der Waals surface area contributed by atoms with E-state index in [4.69, 9.17) is 39.9 Å². The second kappa shape index (κ2) is 35.5. The molecule has 4 saturated heterocycles. The maximum absolute atomic E-state index is 15.5. The van der Waals surface area contributed by atoms with Gasteiger partial charge in [0.25, 0.3) is 0 Å². The standard InChI is InChI=1S/C68H88N12O26/c1-29(31-11-5-2-6-12-31)44-60(97)74-35(21-30-17-19-34(20-18-30)102-65-56(94)53(91)57(41(27-83)105-65)106-66-55(93)52(90)50(88)40(26-82)104-66)59(96)78-45(47(85)36-22-72-67(69)76-36)62(99)79-46(48(86)38-23-73-68(70)80(38)63-54(92)51(89)49(87)39(25-81)103-63)61(98)75-37(58(95)71-24-42(84)77-44)28-101-64(100)43(32-13-7-3-8-14-32)33-15-9-4-10-16-33/h2-20,29,35-41,43-57,63,65-66,81-83,85-94H,21-28H2,1H3,(H2,70,73)(H,71,95)(H,74,97)(H,75,98)(H,77,84)(H,78,96)(H,79,99)(H3,69,72,76)/t29?,35-,36?,37+,38?,39-,40-,41-,44+,45+,46-,47?,48?,49-,50-,51+,52+,53-,54+,55+,56+,57-,63+,65+,66-/m1/s1. The number of guanidine groups is 2. The molecule has 576 valence electrons. The summed E-state index contributed by atoms with van der Waals surface area (Å²) in [4.78, 5) is 114. The van der Waals surface area contributed by atoms with Crippen LogP contribution in [0.2, 0.25) is 0 Å². The minimum atomic E-state index is -2.44. The maximum Gasteiger partial charge on any atom is 0.318 e. The lowest BCUT2D eigenvalue weighted by atomic mass is 9.91. The molecular weight excluding hydrogens is 1400 g/mol. The van der Waals surface area contributed by atoms with Crippen molar-refractivity contribution in [2.75, 3.05) is 46.1 Å². The average Bonchev–Trinajstić information content (AvgIpc) is 1.45. The molecule has 0 aromatic heterocycles. The van der Waals surface area contributed by atoms with E-state index in [1.165, 1.54) is 24.3 Å². The number of aliphatic hydroxyl groups excluding tert-OH is 13. The number of benzene rings is 4. The molecule has 38 nitrogen and oxygen atoms in total. The number of ether oxygens (including phenoxy) is 6. The third-order valence-corrected chi connectivity index (χ3v) is 19.2. The van der Waals surface area contributed by atoms with Gasteiger partial charge in [-0.05, 0) is 34.4 Å². The first kappa shape index (κ1) is 79.4. The van der Waals surface area contributed by atoms with E-state index in [2.05, 4.69) is 47.2 Å². The summed E-state index contributed by atoms with van der Waals surface area (Å²) in [5.41, 5.74) is 13.9. The Kier molecular flexibility index (Phi) is 26.6. The molecular formula is C68H88N12O26. The molecule has 38 heteroatoms. The lowest BCUT2D eigenvalue weighted by molar-refractivity contribution is -0.352. The van der Waals surface area contributed by atoms with Crippen LogP contribution < -0.4 is 53.4 Å². The van der Waals surface area contributed by atoms with E-state index >= 15 is 19.2 Å². The van der Waals surface area contributed by atoms with Crippen LogP contribution in [0.15, 0.2) is 125 Å². The molecule has 0 saturated carbocycles. The molecule has 0 bridgehead atoms. The zero-order chi connectivity index (χ0) is 76.4. The first-order valence-corrected chi connectivity index (χ1v) is 34.0. The fourth-order valence-electron chi connectivity index (χ4n) is 13.2. The van der Waals surface area contributed by atoms with Crippen LogP contribution in [0, 0.1) is 0 Å². The number of esters is 1. The van der Waals surface area contributed by atoms with Crippen LogP contribution in [0.4, 0.5) is 0 Å². The van der Waals surface area contributed by atoms with Gasteiger partial charge in [0.2, 0.25) is 41.7 Å². The van der Waals surface area contributed by atoms with Crippen LogP contribution in [0.5, 0.6) is 5.75 Å². The number of hydrogen-bond donors (Lipinski definition) is 22. The number of nitrogens with zero attached hydrogens (tertiary/aromatic N) is 3. The van der Waals surface area contributed by atoms with Crippen LogP contribution in [0.3, 0.4) is 0 Å². The lowest BCUT2D eigenvalue weighted by Gasteiger charge is -2.46. The zero-order valence-corrected chi connectivity index (χ0v) is 56.8. The number of hydrogen-bond acceptors (Lipinski definition) is 32. The Labute approximate surface area is 604 Å². The molecule has 6 amide bonds. The summed E-state index contributed by atoms with van der Waals surface area (Å²) in [6.45, 7) is -4.01. The summed E-state index contributed by atoms with van der Waals surface area (Å²) in [6, 6.07) is 17.0. The van der Waals surface area contributed by atoms with Crippen molar-refractivity contribution in [1.29, 1.82) is 0 Å². The number of nitrogens with one attached hydrogen (secondary N) is 7. The van der Waals surface area contributed by atoms with Gasteiger partial charge >= 0.3 is 5.97 Å². The summed E-state index contributed by atoms with van der Waals surface area (Å²) in [6.07, 6.45) is -32.2. The molecule has 6 heterocycles. The molecule has 4 aromatic carbocycles. The van der Waals surface area contributed by atoms with E-state index in [1.807, 2.05) is 0 Å². The summed E-state index contributed by atoms with van der Waals surface area (Å²) in [5, 5.41) is 160. The molecule has 0 spiro atoms.